The lowest BCUT2D eigenvalue weighted by molar-refractivity contribution is 0.0761. The van der Waals surface area contributed by atoms with Crippen LogP contribution in [0.15, 0.2) is 30.3 Å². The van der Waals surface area contributed by atoms with Gasteiger partial charge < -0.3 is 20.3 Å². The zero-order valence-corrected chi connectivity index (χ0v) is 12.7. The molecule has 0 aromatic heterocycles. The highest BCUT2D eigenvalue weighted by Gasteiger charge is 2.24. The lowest BCUT2D eigenvalue weighted by Gasteiger charge is -2.27. The smallest absolute Gasteiger partial charge is 0.407 e. The Morgan fingerprint density at radius 1 is 1.29 bits per heavy atom. The van der Waals surface area contributed by atoms with Crippen LogP contribution in [-0.4, -0.2) is 35.1 Å². The summed E-state index contributed by atoms with van der Waals surface area (Å²) in [5, 5.41) is 21.6. The first kappa shape index (κ1) is 17.5. The standard InChI is InChI=1S/C16H25NO4/c1-12(2)15(14(19)9-6-10-18)17-16(20)21-11-13-7-4-3-5-8-13/h3-5,7-8,12,14-15,18-19H,6,9-11H2,1-2H3,(H,17,20)/t14-,15+/m1/s1. The lowest BCUT2D eigenvalue weighted by atomic mass is 9.96. The van der Waals surface area contributed by atoms with Gasteiger partial charge in [0.05, 0.1) is 12.1 Å². The van der Waals surface area contributed by atoms with Crippen molar-refractivity contribution in [3.8, 4) is 0 Å². The van der Waals surface area contributed by atoms with Gasteiger partial charge in [-0.25, -0.2) is 4.79 Å². The molecule has 1 rings (SSSR count). The molecule has 0 aliphatic rings. The molecule has 5 nitrogen and oxygen atoms in total. The van der Waals surface area contributed by atoms with Gasteiger partial charge in [-0.15, -0.1) is 0 Å². The van der Waals surface area contributed by atoms with Crippen LogP contribution in [0.25, 0.3) is 0 Å². The summed E-state index contributed by atoms with van der Waals surface area (Å²) >= 11 is 0. The first-order valence-corrected chi connectivity index (χ1v) is 7.30. The highest BCUT2D eigenvalue weighted by molar-refractivity contribution is 5.67. The second-order valence-corrected chi connectivity index (χ2v) is 5.41. The molecule has 0 unspecified atom stereocenters. The molecule has 2 atom stereocenters. The fraction of sp³-hybridized carbons (Fsp3) is 0.562. The van der Waals surface area contributed by atoms with E-state index in [4.69, 9.17) is 9.84 Å². The van der Waals surface area contributed by atoms with Crippen LogP contribution in [0, 0.1) is 5.92 Å². The fourth-order valence-corrected chi connectivity index (χ4v) is 2.09. The van der Waals surface area contributed by atoms with Gasteiger partial charge in [-0.3, -0.25) is 0 Å². The molecule has 0 saturated carbocycles. The number of carbonyl (C=O) groups excluding carboxylic acids is 1. The quantitative estimate of drug-likeness (QED) is 0.686. The predicted molar refractivity (Wildman–Crippen MR) is 80.7 cm³/mol. The number of alkyl carbamates (subject to hydrolysis) is 1. The summed E-state index contributed by atoms with van der Waals surface area (Å²) in [6, 6.07) is 9.03. The SMILES string of the molecule is CC(C)[C@H](NC(=O)OCc1ccccc1)[C@H](O)CCCO. The molecule has 0 aliphatic heterocycles. The maximum Gasteiger partial charge on any atom is 0.407 e. The Morgan fingerprint density at radius 3 is 2.52 bits per heavy atom. The molecule has 21 heavy (non-hydrogen) atoms. The topological polar surface area (TPSA) is 78.8 Å². The van der Waals surface area contributed by atoms with E-state index in [1.807, 2.05) is 44.2 Å². The number of aliphatic hydroxyl groups is 2. The minimum absolute atomic E-state index is 0.0281. The molecule has 0 aliphatic carbocycles. The monoisotopic (exact) mass is 295 g/mol. The molecular formula is C16H25NO4. The van der Waals surface area contributed by atoms with E-state index in [1.54, 1.807) is 0 Å². The summed E-state index contributed by atoms with van der Waals surface area (Å²) in [6.45, 7) is 4.07. The number of ether oxygens (including phenoxy) is 1. The van der Waals surface area contributed by atoms with Crippen LogP contribution in [0.1, 0.15) is 32.3 Å². The number of aliphatic hydroxyl groups excluding tert-OH is 2. The van der Waals surface area contributed by atoms with Crippen molar-refractivity contribution in [3.63, 3.8) is 0 Å². The van der Waals surface area contributed by atoms with Crippen molar-refractivity contribution in [1.29, 1.82) is 0 Å². The first-order chi connectivity index (χ1) is 10.0. The maximum atomic E-state index is 11.8. The van der Waals surface area contributed by atoms with Crippen molar-refractivity contribution in [2.24, 2.45) is 5.92 Å². The van der Waals surface area contributed by atoms with E-state index >= 15 is 0 Å². The van der Waals surface area contributed by atoms with Gasteiger partial charge in [-0.05, 0) is 24.3 Å². The van der Waals surface area contributed by atoms with E-state index in [2.05, 4.69) is 5.32 Å². The van der Waals surface area contributed by atoms with Crippen molar-refractivity contribution in [1.82, 2.24) is 5.32 Å². The van der Waals surface area contributed by atoms with Crippen molar-refractivity contribution in [3.05, 3.63) is 35.9 Å². The highest BCUT2D eigenvalue weighted by atomic mass is 16.5. The Bertz CT molecular complexity index is 408. The second kappa shape index (κ2) is 9.37. The van der Waals surface area contributed by atoms with Crippen molar-refractivity contribution in [2.45, 2.75) is 45.4 Å². The van der Waals surface area contributed by atoms with E-state index in [-0.39, 0.29) is 25.2 Å². The van der Waals surface area contributed by atoms with Crippen LogP contribution in [0.3, 0.4) is 0 Å². The Hall–Kier alpha value is -1.59. The number of hydrogen-bond donors (Lipinski definition) is 3. The summed E-state index contributed by atoms with van der Waals surface area (Å²) in [5.41, 5.74) is 0.912. The van der Waals surface area contributed by atoms with E-state index in [0.29, 0.717) is 12.8 Å². The average Bonchev–Trinajstić information content (AvgIpc) is 2.49. The third-order valence-corrected chi connectivity index (χ3v) is 3.29. The average molecular weight is 295 g/mol. The van der Waals surface area contributed by atoms with Gasteiger partial charge in [0.1, 0.15) is 6.61 Å². The van der Waals surface area contributed by atoms with Crippen LogP contribution in [0.4, 0.5) is 4.79 Å². The zero-order chi connectivity index (χ0) is 15.7. The van der Waals surface area contributed by atoms with Gasteiger partial charge >= 0.3 is 6.09 Å². The zero-order valence-electron chi connectivity index (χ0n) is 12.7. The van der Waals surface area contributed by atoms with E-state index in [9.17, 15) is 9.90 Å². The summed E-state index contributed by atoms with van der Waals surface area (Å²) in [7, 11) is 0. The highest BCUT2D eigenvalue weighted by Crippen LogP contribution is 2.12. The molecule has 5 heteroatoms. The molecular weight excluding hydrogens is 270 g/mol. The predicted octanol–water partition coefficient (Wildman–Crippen LogP) is 2.07. The van der Waals surface area contributed by atoms with Crippen LogP contribution < -0.4 is 5.32 Å². The van der Waals surface area contributed by atoms with Crippen molar-refractivity contribution in [2.75, 3.05) is 6.61 Å². The van der Waals surface area contributed by atoms with Crippen LogP contribution in [0.2, 0.25) is 0 Å². The minimum Gasteiger partial charge on any atom is -0.445 e. The van der Waals surface area contributed by atoms with Crippen LogP contribution >= 0.6 is 0 Å². The van der Waals surface area contributed by atoms with Crippen LogP contribution in [-0.2, 0) is 11.3 Å². The van der Waals surface area contributed by atoms with Crippen molar-refractivity contribution < 1.29 is 19.7 Å². The summed E-state index contributed by atoms with van der Waals surface area (Å²) in [5.74, 6) is 0.0722. The summed E-state index contributed by atoms with van der Waals surface area (Å²) in [4.78, 5) is 11.8. The van der Waals surface area contributed by atoms with Gasteiger partial charge in [0.15, 0.2) is 0 Å². The maximum absolute atomic E-state index is 11.8. The Kier molecular flexibility index (Phi) is 7.79. The number of benzene rings is 1. The van der Waals surface area contributed by atoms with Gasteiger partial charge in [-0.2, -0.15) is 0 Å². The van der Waals surface area contributed by atoms with E-state index in [0.717, 1.165) is 5.56 Å². The number of hydrogen-bond acceptors (Lipinski definition) is 4. The molecule has 0 fully saturated rings. The second-order valence-electron chi connectivity index (χ2n) is 5.41. The Balaban J connectivity index is 2.45. The Morgan fingerprint density at radius 2 is 1.95 bits per heavy atom. The molecule has 1 amide bonds. The van der Waals surface area contributed by atoms with Gasteiger partial charge in [0.2, 0.25) is 0 Å². The molecule has 0 heterocycles. The molecule has 0 bridgehead atoms. The van der Waals surface area contributed by atoms with E-state index < -0.39 is 12.2 Å². The van der Waals surface area contributed by atoms with Gasteiger partial charge in [-0.1, -0.05) is 44.2 Å². The molecule has 1 aromatic rings. The molecule has 0 spiro atoms. The molecule has 3 N–H and O–H groups in total. The summed E-state index contributed by atoms with van der Waals surface area (Å²) < 4.78 is 5.15. The number of nitrogens with one attached hydrogen (secondary N) is 1. The fourth-order valence-electron chi connectivity index (χ4n) is 2.09. The first-order valence-electron chi connectivity index (χ1n) is 7.30. The van der Waals surface area contributed by atoms with Crippen LogP contribution in [0.5, 0.6) is 0 Å². The largest absolute Gasteiger partial charge is 0.445 e. The molecule has 0 radical (unpaired) electrons. The number of amides is 1. The van der Waals surface area contributed by atoms with E-state index in [1.165, 1.54) is 0 Å². The Labute approximate surface area is 125 Å². The van der Waals surface area contributed by atoms with Gasteiger partial charge in [0.25, 0.3) is 0 Å². The third kappa shape index (κ3) is 6.60. The van der Waals surface area contributed by atoms with Gasteiger partial charge in [0, 0.05) is 6.61 Å². The molecule has 118 valence electrons. The molecule has 1 aromatic carbocycles. The minimum atomic E-state index is -0.693. The lowest BCUT2D eigenvalue weighted by Crippen LogP contribution is -2.47. The molecule has 0 saturated heterocycles. The normalized spacial score (nSPS) is 13.8. The number of rotatable bonds is 8. The summed E-state index contributed by atoms with van der Waals surface area (Å²) in [6.07, 6.45) is -0.286. The van der Waals surface area contributed by atoms with Crippen molar-refractivity contribution >= 4 is 6.09 Å². The number of carbonyl (C=O) groups is 1. The third-order valence-electron chi connectivity index (χ3n) is 3.29.